The minimum absolute atomic E-state index is 0.0158. The van der Waals surface area contributed by atoms with E-state index in [1.54, 1.807) is 12.1 Å². The van der Waals surface area contributed by atoms with Gasteiger partial charge in [0, 0.05) is 18.7 Å². The van der Waals surface area contributed by atoms with Gasteiger partial charge in [-0.15, -0.1) is 13.2 Å². The van der Waals surface area contributed by atoms with Crippen LogP contribution >= 0.6 is 0 Å². The molecule has 1 aromatic carbocycles. The van der Waals surface area contributed by atoms with Gasteiger partial charge in [0.2, 0.25) is 0 Å². The summed E-state index contributed by atoms with van der Waals surface area (Å²) >= 11 is 0. The molecule has 0 radical (unpaired) electrons. The number of nitrogens with one attached hydrogen (secondary N) is 1. The van der Waals surface area contributed by atoms with Gasteiger partial charge in [0.15, 0.2) is 0 Å². The highest BCUT2D eigenvalue weighted by molar-refractivity contribution is 5.29. The standard InChI is InChI=1S/C15H20F3NO2/c1-10(19-14-4-2-3-12(14)9-20)11-5-7-13(8-6-11)21-15(16,17)18/h5-8,10,12,14,19-20H,2-4,9H2,1H3. The molecule has 0 aromatic heterocycles. The SMILES string of the molecule is CC(NC1CCCC1CO)c1ccc(OC(F)(F)F)cc1. The molecule has 0 bridgehead atoms. The molecular weight excluding hydrogens is 283 g/mol. The van der Waals surface area contributed by atoms with E-state index < -0.39 is 6.36 Å². The Balaban J connectivity index is 1.95. The van der Waals surface area contributed by atoms with Gasteiger partial charge in [-0.3, -0.25) is 0 Å². The number of alkyl halides is 3. The topological polar surface area (TPSA) is 41.5 Å². The summed E-state index contributed by atoms with van der Waals surface area (Å²) in [4.78, 5) is 0. The zero-order valence-corrected chi connectivity index (χ0v) is 11.9. The first-order chi connectivity index (χ1) is 9.89. The molecule has 0 saturated heterocycles. The number of hydrogen-bond donors (Lipinski definition) is 2. The van der Waals surface area contributed by atoms with E-state index >= 15 is 0 Å². The second-order valence-electron chi connectivity index (χ2n) is 5.49. The maximum absolute atomic E-state index is 12.1. The molecule has 1 aliphatic carbocycles. The van der Waals surface area contributed by atoms with Crippen molar-refractivity contribution in [1.29, 1.82) is 0 Å². The second kappa shape index (κ2) is 6.66. The largest absolute Gasteiger partial charge is 0.573 e. The number of hydrogen-bond acceptors (Lipinski definition) is 3. The Morgan fingerprint density at radius 2 is 1.95 bits per heavy atom. The minimum Gasteiger partial charge on any atom is -0.406 e. The predicted molar refractivity (Wildman–Crippen MR) is 72.9 cm³/mol. The molecule has 1 saturated carbocycles. The summed E-state index contributed by atoms with van der Waals surface area (Å²) in [5.74, 6) is 0.0489. The normalized spacial score (nSPS) is 24.0. The van der Waals surface area contributed by atoms with E-state index in [-0.39, 0.29) is 30.4 Å². The molecule has 0 aliphatic heterocycles. The van der Waals surface area contributed by atoms with Crippen LogP contribution in [0.2, 0.25) is 0 Å². The zero-order valence-electron chi connectivity index (χ0n) is 11.9. The third-order valence-electron chi connectivity index (χ3n) is 3.97. The van der Waals surface area contributed by atoms with Crippen molar-refractivity contribution >= 4 is 0 Å². The third-order valence-corrected chi connectivity index (χ3v) is 3.97. The lowest BCUT2D eigenvalue weighted by Crippen LogP contribution is -2.35. The monoisotopic (exact) mass is 303 g/mol. The quantitative estimate of drug-likeness (QED) is 0.876. The number of aliphatic hydroxyl groups excluding tert-OH is 1. The molecule has 3 nitrogen and oxygen atoms in total. The van der Waals surface area contributed by atoms with Gasteiger partial charge in [0.05, 0.1) is 0 Å². The first-order valence-electron chi connectivity index (χ1n) is 7.11. The summed E-state index contributed by atoms with van der Waals surface area (Å²) in [6, 6.07) is 6.17. The Morgan fingerprint density at radius 3 is 2.52 bits per heavy atom. The summed E-state index contributed by atoms with van der Waals surface area (Å²) in [5.41, 5.74) is 0.896. The van der Waals surface area contributed by atoms with Crippen molar-refractivity contribution in [3.63, 3.8) is 0 Å². The molecule has 3 atom stereocenters. The average molecular weight is 303 g/mol. The molecule has 21 heavy (non-hydrogen) atoms. The number of benzene rings is 1. The van der Waals surface area contributed by atoms with E-state index in [0.29, 0.717) is 0 Å². The van der Waals surface area contributed by atoms with Crippen molar-refractivity contribution in [3.05, 3.63) is 29.8 Å². The fourth-order valence-electron chi connectivity index (χ4n) is 2.85. The van der Waals surface area contributed by atoms with Crippen LogP contribution in [0.5, 0.6) is 5.75 Å². The molecular formula is C15H20F3NO2. The lowest BCUT2D eigenvalue weighted by atomic mass is 10.0. The summed E-state index contributed by atoms with van der Waals surface area (Å²) in [6.45, 7) is 2.13. The van der Waals surface area contributed by atoms with Gasteiger partial charge in [0.1, 0.15) is 5.75 Å². The molecule has 2 N–H and O–H groups in total. The van der Waals surface area contributed by atoms with Gasteiger partial charge in [-0.25, -0.2) is 0 Å². The number of ether oxygens (including phenoxy) is 1. The number of aliphatic hydroxyl groups is 1. The van der Waals surface area contributed by atoms with E-state index in [9.17, 15) is 18.3 Å². The smallest absolute Gasteiger partial charge is 0.406 e. The molecule has 118 valence electrons. The Labute approximate surface area is 122 Å². The highest BCUT2D eigenvalue weighted by Gasteiger charge is 2.31. The predicted octanol–water partition coefficient (Wildman–Crippen LogP) is 3.40. The molecule has 1 fully saturated rings. The molecule has 1 aliphatic rings. The maximum Gasteiger partial charge on any atom is 0.573 e. The molecule has 1 aromatic rings. The van der Waals surface area contributed by atoms with E-state index in [1.807, 2.05) is 6.92 Å². The van der Waals surface area contributed by atoms with E-state index in [0.717, 1.165) is 24.8 Å². The third kappa shape index (κ3) is 4.61. The van der Waals surface area contributed by atoms with Gasteiger partial charge in [-0.1, -0.05) is 18.6 Å². The van der Waals surface area contributed by atoms with E-state index in [4.69, 9.17) is 0 Å². The minimum atomic E-state index is -4.66. The van der Waals surface area contributed by atoms with Crippen LogP contribution in [0.15, 0.2) is 24.3 Å². The van der Waals surface area contributed by atoms with Crippen LogP contribution in [0.1, 0.15) is 37.8 Å². The van der Waals surface area contributed by atoms with Gasteiger partial charge in [-0.05, 0) is 43.4 Å². The lowest BCUT2D eigenvalue weighted by Gasteiger charge is -2.24. The molecule has 0 amide bonds. The molecule has 2 rings (SSSR count). The van der Waals surface area contributed by atoms with Crippen molar-refractivity contribution in [3.8, 4) is 5.75 Å². The highest BCUT2D eigenvalue weighted by atomic mass is 19.4. The average Bonchev–Trinajstić information content (AvgIpc) is 2.85. The first-order valence-corrected chi connectivity index (χ1v) is 7.11. The lowest BCUT2D eigenvalue weighted by molar-refractivity contribution is -0.274. The van der Waals surface area contributed by atoms with Gasteiger partial charge < -0.3 is 15.2 Å². The van der Waals surface area contributed by atoms with E-state index in [1.165, 1.54) is 12.1 Å². The summed E-state index contributed by atoms with van der Waals surface area (Å²) in [6.07, 6.45) is -1.54. The Kier molecular flexibility index (Phi) is 5.11. The van der Waals surface area contributed by atoms with Crippen LogP contribution in [-0.2, 0) is 0 Å². The molecule has 0 spiro atoms. The number of rotatable bonds is 5. The zero-order chi connectivity index (χ0) is 15.5. The van der Waals surface area contributed by atoms with Crippen molar-refractivity contribution in [1.82, 2.24) is 5.32 Å². The molecule has 0 heterocycles. The summed E-state index contributed by atoms with van der Waals surface area (Å²) < 4.78 is 40.1. The van der Waals surface area contributed by atoms with Gasteiger partial charge in [0.25, 0.3) is 0 Å². The van der Waals surface area contributed by atoms with Gasteiger partial charge in [-0.2, -0.15) is 0 Å². The van der Waals surface area contributed by atoms with Gasteiger partial charge >= 0.3 is 6.36 Å². The van der Waals surface area contributed by atoms with Crippen molar-refractivity contribution < 1.29 is 23.0 Å². The van der Waals surface area contributed by atoms with Crippen LogP contribution in [-0.4, -0.2) is 24.1 Å². The van der Waals surface area contributed by atoms with Crippen LogP contribution in [0.4, 0.5) is 13.2 Å². The van der Waals surface area contributed by atoms with Crippen molar-refractivity contribution in [2.75, 3.05) is 6.61 Å². The van der Waals surface area contributed by atoms with Crippen molar-refractivity contribution in [2.45, 2.75) is 44.6 Å². The van der Waals surface area contributed by atoms with Crippen LogP contribution < -0.4 is 10.1 Å². The first kappa shape index (κ1) is 16.1. The van der Waals surface area contributed by atoms with Crippen LogP contribution in [0, 0.1) is 5.92 Å². The van der Waals surface area contributed by atoms with Crippen LogP contribution in [0.3, 0.4) is 0 Å². The fraction of sp³-hybridized carbons (Fsp3) is 0.600. The molecule has 3 unspecified atom stereocenters. The molecule has 6 heteroatoms. The number of halogens is 3. The summed E-state index contributed by atoms with van der Waals surface area (Å²) in [7, 11) is 0. The fourth-order valence-corrected chi connectivity index (χ4v) is 2.85. The highest BCUT2D eigenvalue weighted by Crippen LogP contribution is 2.28. The Hall–Kier alpha value is -1.27. The van der Waals surface area contributed by atoms with Crippen LogP contribution in [0.25, 0.3) is 0 Å². The maximum atomic E-state index is 12.1. The van der Waals surface area contributed by atoms with Crippen molar-refractivity contribution in [2.24, 2.45) is 5.92 Å². The van der Waals surface area contributed by atoms with E-state index in [2.05, 4.69) is 10.1 Å². The Morgan fingerprint density at radius 1 is 1.29 bits per heavy atom. The summed E-state index contributed by atoms with van der Waals surface area (Å²) in [5, 5.41) is 12.7. The second-order valence-corrected chi connectivity index (χ2v) is 5.49. The Bertz CT molecular complexity index is 447.